The van der Waals surface area contributed by atoms with Crippen molar-refractivity contribution >= 4 is 12.0 Å². The second-order valence-electron chi connectivity index (χ2n) is 6.06. The van der Waals surface area contributed by atoms with Crippen LogP contribution in [-0.4, -0.2) is 23.1 Å². The van der Waals surface area contributed by atoms with Gasteiger partial charge in [-0.15, -0.1) is 0 Å². The first-order valence-corrected chi connectivity index (χ1v) is 8.12. The highest BCUT2D eigenvalue weighted by molar-refractivity contribution is 5.98. The molecule has 1 aromatic carbocycles. The van der Waals surface area contributed by atoms with Gasteiger partial charge in [0.2, 0.25) is 0 Å². The normalized spacial score (nSPS) is 19.3. The Morgan fingerprint density at radius 1 is 1.09 bits per heavy atom. The maximum absolute atomic E-state index is 12.1. The summed E-state index contributed by atoms with van der Waals surface area (Å²) in [6.45, 7) is 0.326. The van der Waals surface area contributed by atoms with Crippen molar-refractivity contribution in [2.75, 3.05) is 0 Å². The van der Waals surface area contributed by atoms with Crippen LogP contribution in [0.5, 0.6) is 0 Å². The molecule has 0 unspecified atom stereocenters. The number of hydroxylamine groups is 2. The van der Waals surface area contributed by atoms with Gasteiger partial charge in [-0.3, -0.25) is 4.79 Å². The van der Waals surface area contributed by atoms with Gasteiger partial charge in [-0.2, -0.15) is 5.06 Å². The predicted molar refractivity (Wildman–Crippen MR) is 82.0 cm³/mol. The molecule has 1 fully saturated rings. The van der Waals surface area contributed by atoms with Gasteiger partial charge in [0.25, 0.3) is 5.91 Å². The number of benzene rings is 1. The molecule has 1 aliphatic heterocycles. The van der Waals surface area contributed by atoms with Crippen molar-refractivity contribution in [1.82, 2.24) is 10.4 Å². The Bertz CT molecular complexity index is 551. The predicted octanol–water partition coefficient (Wildman–Crippen LogP) is 3.40. The largest absolute Gasteiger partial charge is 0.431 e. The standard InChI is InChI=1S/C17H22N2O3/c20-16-15-11-7-6-8-13(15)12-19(16)22-17(21)18-14-9-4-2-1-3-5-10-14/h6-8,11,14H,1-5,9-10,12H2,(H,18,21). The van der Waals surface area contributed by atoms with Crippen molar-refractivity contribution < 1.29 is 14.4 Å². The van der Waals surface area contributed by atoms with Crippen molar-refractivity contribution in [2.45, 2.75) is 57.5 Å². The van der Waals surface area contributed by atoms with Crippen molar-refractivity contribution in [2.24, 2.45) is 0 Å². The molecule has 1 aromatic rings. The molecule has 0 atom stereocenters. The Hall–Kier alpha value is -2.04. The maximum Gasteiger partial charge on any atom is 0.431 e. The molecular formula is C17H22N2O3. The van der Waals surface area contributed by atoms with Crippen LogP contribution >= 0.6 is 0 Å². The van der Waals surface area contributed by atoms with E-state index in [1.807, 2.05) is 18.2 Å². The minimum Gasteiger partial charge on any atom is -0.318 e. The molecule has 1 N–H and O–H groups in total. The lowest BCUT2D eigenvalue weighted by Crippen LogP contribution is -2.40. The Morgan fingerprint density at radius 2 is 1.77 bits per heavy atom. The van der Waals surface area contributed by atoms with Crippen LogP contribution < -0.4 is 5.32 Å². The fourth-order valence-corrected chi connectivity index (χ4v) is 3.19. The zero-order chi connectivity index (χ0) is 15.4. The molecule has 0 saturated heterocycles. The van der Waals surface area contributed by atoms with E-state index in [1.54, 1.807) is 6.07 Å². The van der Waals surface area contributed by atoms with Gasteiger partial charge in [0.1, 0.15) is 0 Å². The summed E-state index contributed by atoms with van der Waals surface area (Å²) in [5.74, 6) is -0.247. The molecule has 118 valence electrons. The van der Waals surface area contributed by atoms with Crippen LogP contribution in [0.1, 0.15) is 60.9 Å². The van der Waals surface area contributed by atoms with Gasteiger partial charge < -0.3 is 10.2 Å². The number of carbonyl (C=O) groups excluding carboxylic acids is 2. The first-order chi connectivity index (χ1) is 10.7. The van der Waals surface area contributed by atoms with Crippen LogP contribution in [0.15, 0.2) is 24.3 Å². The number of rotatable bonds is 2. The monoisotopic (exact) mass is 302 g/mol. The summed E-state index contributed by atoms with van der Waals surface area (Å²) in [7, 11) is 0. The quantitative estimate of drug-likeness (QED) is 0.911. The summed E-state index contributed by atoms with van der Waals surface area (Å²) in [5, 5.41) is 4.05. The molecule has 3 rings (SSSR count). The molecule has 0 bridgehead atoms. The lowest BCUT2D eigenvalue weighted by atomic mass is 9.97. The highest BCUT2D eigenvalue weighted by atomic mass is 16.7. The van der Waals surface area contributed by atoms with Crippen LogP contribution in [0.25, 0.3) is 0 Å². The number of amides is 2. The summed E-state index contributed by atoms with van der Waals surface area (Å²) in [6, 6.07) is 7.49. The SMILES string of the molecule is O=C(NC1CCCCCCC1)ON1Cc2ccccc2C1=O. The van der Waals surface area contributed by atoms with Gasteiger partial charge >= 0.3 is 6.09 Å². The molecule has 1 heterocycles. The highest BCUT2D eigenvalue weighted by Gasteiger charge is 2.30. The molecule has 2 aliphatic rings. The summed E-state index contributed by atoms with van der Waals surface area (Å²) in [6.07, 6.45) is 7.48. The third-order valence-corrected chi connectivity index (χ3v) is 4.41. The molecule has 2 amide bonds. The van der Waals surface area contributed by atoms with Crippen LogP contribution in [0, 0.1) is 0 Å². The second kappa shape index (κ2) is 6.81. The first-order valence-electron chi connectivity index (χ1n) is 8.12. The lowest BCUT2D eigenvalue weighted by molar-refractivity contribution is -0.0708. The van der Waals surface area contributed by atoms with Crippen molar-refractivity contribution in [3.05, 3.63) is 35.4 Å². The summed E-state index contributed by atoms with van der Waals surface area (Å²) in [5.41, 5.74) is 1.51. The van der Waals surface area contributed by atoms with E-state index < -0.39 is 6.09 Å². The molecule has 0 radical (unpaired) electrons. The van der Waals surface area contributed by atoms with Crippen LogP contribution in [-0.2, 0) is 11.4 Å². The lowest BCUT2D eigenvalue weighted by Gasteiger charge is -2.22. The Balaban J connectivity index is 1.53. The summed E-state index contributed by atoms with van der Waals surface area (Å²) < 4.78 is 0. The smallest absolute Gasteiger partial charge is 0.318 e. The molecule has 1 saturated carbocycles. The molecular weight excluding hydrogens is 280 g/mol. The van der Waals surface area contributed by atoms with E-state index in [1.165, 1.54) is 19.3 Å². The van der Waals surface area contributed by atoms with E-state index in [2.05, 4.69) is 5.32 Å². The van der Waals surface area contributed by atoms with E-state index in [0.29, 0.717) is 12.1 Å². The van der Waals surface area contributed by atoms with Crippen molar-refractivity contribution in [3.63, 3.8) is 0 Å². The Kier molecular flexibility index (Phi) is 4.61. The number of hydrogen-bond donors (Lipinski definition) is 1. The van der Waals surface area contributed by atoms with Crippen molar-refractivity contribution in [1.29, 1.82) is 0 Å². The number of fused-ring (bicyclic) bond motifs is 1. The van der Waals surface area contributed by atoms with E-state index in [-0.39, 0.29) is 11.9 Å². The Morgan fingerprint density at radius 3 is 2.50 bits per heavy atom. The topological polar surface area (TPSA) is 58.6 Å². The second-order valence-corrected chi connectivity index (χ2v) is 6.06. The van der Waals surface area contributed by atoms with Gasteiger partial charge in [-0.1, -0.05) is 50.3 Å². The van der Waals surface area contributed by atoms with E-state index >= 15 is 0 Å². The average Bonchev–Trinajstić information content (AvgIpc) is 2.79. The van der Waals surface area contributed by atoms with Gasteiger partial charge in [0.05, 0.1) is 6.54 Å². The van der Waals surface area contributed by atoms with Gasteiger partial charge in [0, 0.05) is 11.6 Å². The van der Waals surface area contributed by atoms with Gasteiger partial charge in [-0.05, 0) is 24.5 Å². The maximum atomic E-state index is 12.1. The molecule has 0 aromatic heterocycles. The molecule has 5 nitrogen and oxygen atoms in total. The minimum absolute atomic E-state index is 0.160. The number of carbonyl (C=O) groups is 2. The fraction of sp³-hybridized carbons (Fsp3) is 0.529. The number of nitrogens with zero attached hydrogens (tertiary/aromatic N) is 1. The van der Waals surface area contributed by atoms with Crippen molar-refractivity contribution in [3.8, 4) is 0 Å². The Labute approximate surface area is 130 Å². The average molecular weight is 302 g/mol. The number of hydrogen-bond acceptors (Lipinski definition) is 3. The minimum atomic E-state index is -0.522. The van der Waals surface area contributed by atoms with Crippen LogP contribution in [0.3, 0.4) is 0 Å². The number of nitrogens with one attached hydrogen (secondary N) is 1. The molecule has 22 heavy (non-hydrogen) atoms. The molecule has 1 aliphatic carbocycles. The zero-order valence-electron chi connectivity index (χ0n) is 12.7. The molecule has 5 heteroatoms. The van der Waals surface area contributed by atoms with E-state index in [9.17, 15) is 9.59 Å². The van der Waals surface area contributed by atoms with E-state index in [4.69, 9.17) is 4.84 Å². The zero-order valence-corrected chi connectivity index (χ0v) is 12.7. The first kappa shape index (κ1) is 14.9. The summed E-state index contributed by atoms with van der Waals surface area (Å²) >= 11 is 0. The van der Waals surface area contributed by atoms with Crippen LogP contribution in [0.2, 0.25) is 0 Å². The fourth-order valence-electron chi connectivity index (χ4n) is 3.19. The third-order valence-electron chi connectivity index (χ3n) is 4.41. The van der Waals surface area contributed by atoms with Gasteiger partial charge in [0.15, 0.2) is 0 Å². The third kappa shape index (κ3) is 3.40. The molecule has 0 spiro atoms. The van der Waals surface area contributed by atoms with E-state index in [0.717, 1.165) is 36.3 Å². The summed E-state index contributed by atoms with van der Waals surface area (Å²) in [4.78, 5) is 29.4. The van der Waals surface area contributed by atoms with Gasteiger partial charge in [-0.25, -0.2) is 4.79 Å². The highest BCUT2D eigenvalue weighted by Crippen LogP contribution is 2.23. The van der Waals surface area contributed by atoms with Crippen LogP contribution in [0.4, 0.5) is 4.79 Å².